The minimum absolute atomic E-state index is 0.0335. The maximum absolute atomic E-state index is 11.9. The van der Waals surface area contributed by atoms with Crippen LogP contribution < -0.4 is 16.4 Å². The van der Waals surface area contributed by atoms with Gasteiger partial charge in [0, 0.05) is 18.2 Å². The van der Waals surface area contributed by atoms with Crippen molar-refractivity contribution in [1.29, 1.82) is 0 Å². The van der Waals surface area contributed by atoms with Crippen molar-refractivity contribution >= 4 is 11.8 Å². The normalized spacial score (nSPS) is 11.7. The fourth-order valence-electron chi connectivity index (χ4n) is 1.50. The number of carbonyl (C=O) groups is 2. The van der Waals surface area contributed by atoms with Gasteiger partial charge in [-0.3, -0.25) is 9.59 Å². The molecule has 0 saturated carbocycles. The molecule has 0 saturated heterocycles. The van der Waals surface area contributed by atoms with E-state index in [9.17, 15) is 9.59 Å². The van der Waals surface area contributed by atoms with E-state index in [4.69, 9.17) is 5.73 Å². The van der Waals surface area contributed by atoms with Gasteiger partial charge in [-0.15, -0.1) is 0 Å². The van der Waals surface area contributed by atoms with E-state index in [1.807, 2.05) is 19.9 Å². The third-order valence-corrected chi connectivity index (χ3v) is 2.85. The summed E-state index contributed by atoms with van der Waals surface area (Å²) in [5.74, 6) is -0.309. The Bertz CT molecular complexity index is 446. The van der Waals surface area contributed by atoms with Crippen LogP contribution in [0.3, 0.4) is 0 Å². The Hall–Kier alpha value is -1.88. The van der Waals surface area contributed by atoms with Gasteiger partial charge in [-0.25, -0.2) is 0 Å². The summed E-state index contributed by atoms with van der Waals surface area (Å²) in [6.07, 6.45) is 0.887. The lowest BCUT2D eigenvalue weighted by Crippen LogP contribution is -2.32. The minimum atomic E-state index is -0.213. The Labute approximate surface area is 113 Å². The van der Waals surface area contributed by atoms with Crippen LogP contribution in [0.1, 0.15) is 36.2 Å². The van der Waals surface area contributed by atoms with Crippen LogP contribution in [0.15, 0.2) is 24.3 Å². The van der Waals surface area contributed by atoms with E-state index < -0.39 is 0 Å². The molecule has 0 spiro atoms. The second-order valence-electron chi connectivity index (χ2n) is 4.46. The average molecular weight is 263 g/mol. The predicted octanol–water partition coefficient (Wildman–Crippen LogP) is 0.790. The van der Waals surface area contributed by atoms with Gasteiger partial charge in [-0.1, -0.05) is 19.1 Å². The number of hydrogen-bond donors (Lipinski definition) is 3. The predicted molar refractivity (Wildman–Crippen MR) is 74.6 cm³/mol. The van der Waals surface area contributed by atoms with Gasteiger partial charge in [0.1, 0.15) is 0 Å². The molecule has 0 heterocycles. The van der Waals surface area contributed by atoms with Crippen LogP contribution in [0.2, 0.25) is 0 Å². The average Bonchev–Trinajstić information content (AvgIpc) is 2.44. The summed E-state index contributed by atoms with van der Waals surface area (Å²) in [4.78, 5) is 23.0. The van der Waals surface area contributed by atoms with E-state index in [0.717, 1.165) is 12.0 Å². The smallest absolute Gasteiger partial charge is 0.251 e. The van der Waals surface area contributed by atoms with Crippen molar-refractivity contribution in [2.45, 2.75) is 32.9 Å². The zero-order chi connectivity index (χ0) is 14.3. The molecule has 4 N–H and O–H groups in total. The maximum atomic E-state index is 11.9. The molecule has 0 aliphatic rings. The van der Waals surface area contributed by atoms with Crippen molar-refractivity contribution in [2.24, 2.45) is 5.73 Å². The van der Waals surface area contributed by atoms with Crippen molar-refractivity contribution in [1.82, 2.24) is 10.6 Å². The number of nitrogens with two attached hydrogens (primary N) is 1. The molecule has 0 aromatic heterocycles. The van der Waals surface area contributed by atoms with Crippen molar-refractivity contribution in [3.63, 3.8) is 0 Å². The van der Waals surface area contributed by atoms with E-state index in [-0.39, 0.29) is 24.4 Å². The second kappa shape index (κ2) is 7.53. The van der Waals surface area contributed by atoms with E-state index in [2.05, 4.69) is 10.6 Å². The first-order chi connectivity index (χ1) is 9.06. The van der Waals surface area contributed by atoms with Crippen LogP contribution in [-0.4, -0.2) is 24.4 Å². The summed E-state index contributed by atoms with van der Waals surface area (Å²) in [7, 11) is 0. The number of rotatable bonds is 6. The summed E-state index contributed by atoms with van der Waals surface area (Å²) in [6, 6.07) is 7.33. The molecule has 104 valence electrons. The first-order valence-corrected chi connectivity index (χ1v) is 6.43. The molecule has 1 aromatic carbocycles. The zero-order valence-electron chi connectivity index (χ0n) is 11.4. The van der Waals surface area contributed by atoms with Crippen molar-refractivity contribution < 1.29 is 9.59 Å². The van der Waals surface area contributed by atoms with Crippen LogP contribution in [-0.2, 0) is 11.3 Å². The monoisotopic (exact) mass is 263 g/mol. The van der Waals surface area contributed by atoms with Gasteiger partial charge in [0.25, 0.3) is 5.91 Å². The summed E-state index contributed by atoms with van der Waals surface area (Å²) in [5, 5.41) is 5.57. The molecule has 0 bridgehead atoms. The lowest BCUT2D eigenvalue weighted by molar-refractivity contribution is -0.119. The summed E-state index contributed by atoms with van der Waals surface area (Å²) in [5.41, 5.74) is 6.68. The van der Waals surface area contributed by atoms with Gasteiger partial charge in [0.05, 0.1) is 6.54 Å². The number of benzene rings is 1. The van der Waals surface area contributed by atoms with Crippen molar-refractivity contribution in [3.05, 3.63) is 35.4 Å². The summed E-state index contributed by atoms with van der Waals surface area (Å²) < 4.78 is 0. The third-order valence-electron chi connectivity index (χ3n) is 2.85. The highest BCUT2D eigenvalue weighted by atomic mass is 16.2. The molecule has 0 fully saturated rings. The summed E-state index contributed by atoms with van der Waals surface area (Å²) in [6.45, 7) is 4.32. The van der Waals surface area contributed by atoms with Gasteiger partial charge in [0.15, 0.2) is 0 Å². The fourth-order valence-corrected chi connectivity index (χ4v) is 1.50. The quantitative estimate of drug-likeness (QED) is 0.709. The number of carbonyl (C=O) groups excluding carboxylic acids is 2. The Morgan fingerprint density at radius 1 is 1.37 bits per heavy atom. The van der Waals surface area contributed by atoms with Gasteiger partial charge < -0.3 is 16.4 Å². The Morgan fingerprint density at radius 3 is 2.74 bits per heavy atom. The standard InChI is InChI=1S/C14H21N3O2/c1-3-10(2)17-14(19)12-6-4-5-11(7-12)9-16-13(18)8-15/h4-7,10H,3,8-9,15H2,1-2H3,(H,16,18)(H,17,19). The minimum Gasteiger partial charge on any atom is -0.351 e. The van der Waals surface area contributed by atoms with Gasteiger partial charge in [0.2, 0.25) is 5.91 Å². The highest BCUT2D eigenvalue weighted by Gasteiger charge is 2.09. The molecule has 0 aliphatic carbocycles. The molecule has 5 heteroatoms. The Kier molecular flexibility index (Phi) is 6.02. The number of amides is 2. The summed E-state index contributed by atoms with van der Waals surface area (Å²) >= 11 is 0. The van der Waals surface area contributed by atoms with E-state index in [1.54, 1.807) is 18.2 Å². The highest BCUT2D eigenvalue weighted by molar-refractivity contribution is 5.94. The van der Waals surface area contributed by atoms with Crippen LogP contribution in [0, 0.1) is 0 Å². The molecule has 19 heavy (non-hydrogen) atoms. The molecular formula is C14H21N3O2. The van der Waals surface area contributed by atoms with Crippen LogP contribution in [0.4, 0.5) is 0 Å². The van der Waals surface area contributed by atoms with E-state index in [0.29, 0.717) is 12.1 Å². The molecular weight excluding hydrogens is 242 g/mol. The first-order valence-electron chi connectivity index (χ1n) is 6.43. The Balaban J connectivity index is 2.66. The highest BCUT2D eigenvalue weighted by Crippen LogP contribution is 2.06. The molecule has 0 aliphatic heterocycles. The van der Waals surface area contributed by atoms with Gasteiger partial charge >= 0.3 is 0 Å². The topological polar surface area (TPSA) is 84.2 Å². The fraction of sp³-hybridized carbons (Fsp3) is 0.429. The van der Waals surface area contributed by atoms with Crippen molar-refractivity contribution in [2.75, 3.05) is 6.54 Å². The second-order valence-corrected chi connectivity index (χ2v) is 4.46. The lowest BCUT2D eigenvalue weighted by atomic mass is 10.1. The zero-order valence-corrected chi connectivity index (χ0v) is 11.4. The van der Waals surface area contributed by atoms with Crippen molar-refractivity contribution in [3.8, 4) is 0 Å². The lowest BCUT2D eigenvalue weighted by Gasteiger charge is -2.12. The third kappa shape index (κ3) is 5.09. The molecule has 1 aromatic rings. The molecule has 0 radical (unpaired) electrons. The molecule has 1 atom stereocenters. The number of nitrogens with one attached hydrogen (secondary N) is 2. The molecule has 1 rings (SSSR count). The molecule has 5 nitrogen and oxygen atoms in total. The van der Waals surface area contributed by atoms with E-state index >= 15 is 0 Å². The van der Waals surface area contributed by atoms with Gasteiger partial charge in [-0.2, -0.15) is 0 Å². The van der Waals surface area contributed by atoms with E-state index in [1.165, 1.54) is 0 Å². The molecule has 1 unspecified atom stereocenters. The van der Waals surface area contributed by atoms with Gasteiger partial charge in [-0.05, 0) is 31.0 Å². The van der Waals surface area contributed by atoms with Crippen LogP contribution >= 0.6 is 0 Å². The van der Waals surface area contributed by atoms with Crippen LogP contribution in [0.25, 0.3) is 0 Å². The SMILES string of the molecule is CCC(C)NC(=O)c1cccc(CNC(=O)CN)c1. The first kappa shape index (κ1) is 15.2. The number of hydrogen-bond acceptors (Lipinski definition) is 3. The largest absolute Gasteiger partial charge is 0.351 e. The molecule has 2 amide bonds. The maximum Gasteiger partial charge on any atom is 0.251 e. The Morgan fingerprint density at radius 2 is 2.11 bits per heavy atom. The van der Waals surface area contributed by atoms with Crippen LogP contribution in [0.5, 0.6) is 0 Å².